The molecule has 0 bridgehead atoms. The van der Waals surface area contributed by atoms with Crippen molar-refractivity contribution < 1.29 is 14.6 Å². The highest BCUT2D eigenvalue weighted by molar-refractivity contribution is 5.93. The van der Waals surface area contributed by atoms with Crippen molar-refractivity contribution >= 4 is 16.9 Å². The maximum Gasteiger partial charge on any atom is 0.341 e. The molecule has 5 heteroatoms. The number of carbonyl (C=O) groups is 1. The summed E-state index contributed by atoms with van der Waals surface area (Å²) in [6.45, 7) is 0. The second-order valence-corrected chi connectivity index (χ2v) is 5.41. The molecule has 21 heavy (non-hydrogen) atoms. The minimum atomic E-state index is -1.18. The van der Waals surface area contributed by atoms with E-state index in [4.69, 9.17) is 4.74 Å². The fourth-order valence-electron chi connectivity index (χ4n) is 3.10. The molecular weight excluding hydrogens is 270 g/mol. The fourth-order valence-corrected chi connectivity index (χ4v) is 3.10. The van der Waals surface area contributed by atoms with Crippen LogP contribution >= 0.6 is 0 Å². The molecule has 1 aromatic carbocycles. The Labute approximate surface area is 121 Å². The molecule has 5 nitrogen and oxygen atoms in total. The van der Waals surface area contributed by atoms with Crippen molar-refractivity contribution in [3.63, 3.8) is 0 Å². The molecule has 0 spiro atoms. The number of carboxylic acids is 1. The Balaban J connectivity index is 2.32. The van der Waals surface area contributed by atoms with Crippen molar-refractivity contribution in [1.82, 2.24) is 4.57 Å². The van der Waals surface area contributed by atoms with Gasteiger partial charge in [-0.1, -0.05) is 12.8 Å². The van der Waals surface area contributed by atoms with Crippen molar-refractivity contribution in [2.24, 2.45) is 0 Å². The van der Waals surface area contributed by atoms with E-state index in [1.54, 1.807) is 12.1 Å². The van der Waals surface area contributed by atoms with Crippen LogP contribution in [0.25, 0.3) is 10.9 Å². The first kappa shape index (κ1) is 13.7. The van der Waals surface area contributed by atoms with E-state index in [9.17, 15) is 14.7 Å². The summed E-state index contributed by atoms with van der Waals surface area (Å²) in [6.07, 6.45) is 5.80. The van der Waals surface area contributed by atoms with E-state index < -0.39 is 11.4 Å². The molecule has 1 saturated carbocycles. The van der Waals surface area contributed by atoms with Gasteiger partial charge in [-0.3, -0.25) is 4.79 Å². The molecule has 0 unspecified atom stereocenters. The number of nitrogens with zero attached hydrogens (tertiary/aromatic N) is 1. The fraction of sp³-hybridized carbons (Fsp3) is 0.375. The molecular formula is C16H17NO4. The van der Waals surface area contributed by atoms with E-state index in [1.165, 1.54) is 13.3 Å². The first-order chi connectivity index (χ1) is 10.1. The molecule has 1 aromatic heterocycles. The van der Waals surface area contributed by atoms with Gasteiger partial charge in [0.05, 0.1) is 18.0 Å². The Kier molecular flexibility index (Phi) is 3.41. The Bertz CT molecular complexity index is 757. The lowest BCUT2D eigenvalue weighted by molar-refractivity contribution is 0.0694. The zero-order valence-electron chi connectivity index (χ0n) is 11.8. The van der Waals surface area contributed by atoms with E-state index in [1.807, 2.05) is 10.6 Å². The molecule has 0 aliphatic heterocycles. The molecule has 1 N–H and O–H groups in total. The summed E-state index contributed by atoms with van der Waals surface area (Å²) in [5.74, 6) is -0.628. The van der Waals surface area contributed by atoms with Gasteiger partial charge in [-0.15, -0.1) is 0 Å². The van der Waals surface area contributed by atoms with Crippen LogP contribution in [0.15, 0.2) is 29.2 Å². The third kappa shape index (κ3) is 2.28. The Morgan fingerprint density at radius 3 is 2.67 bits per heavy atom. The van der Waals surface area contributed by atoms with Crippen LogP contribution in [0.5, 0.6) is 5.75 Å². The van der Waals surface area contributed by atoms with Crippen molar-refractivity contribution in [3.8, 4) is 5.75 Å². The number of methoxy groups -OCH3 is 1. The number of pyridine rings is 1. The highest BCUT2D eigenvalue weighted by Gasteiger charge is 2.22. The van der Waals surface area contributed by atoms with Crippen molar-refractivity contribution in [1.29, 1.82) is 0 Å². The summed E-state index contributed by atoms with van der Waals surface area (Å²) >= 11 is 0. The van der Waals surface area contributed by atoms with E-state index in [0.717, 1.165) is 31.2 Å². The molecule has 110 valence electrons. The zero-order valence-corrected chi connectivity index (χ0v) is 11.8. The number of rotatable bonds is 3. The van der Waals surface area contributed by atoms with Gasteiger partial charge in [0, 0.05) is 12.2 Å². The lowest BCUT2D eigenvalue weighted by atomic mass is 10.1. The predicted octanol–water partition coefficient (Wildman–Crippen LogP) is 2.82. The van der Waals surface area contributed by atoms with Crippen LogP contribution in [0, 0.1) is 0 Å². The topological polar surface area (TPSA) is 68.5 Å². The number of fused-ring (bicyclic) bond motifs is 1. The summed E-state index contributed by atoms with van der Waals surface area (Å²) in [5, 5.41) is 9.68. The van der Waals surface area contributed by atoms with Gasteiger partial charge in [-0.25, -0.2) is 4.79 Å². The maximum absolute atomic E-state index is 12.4. The number of aromatic carboxylic acids is 1. The molecule has 3 rings (SSSR count). The van der Waals surface area contributed by atoms with Crippen molar-refractivity contribution in [3.05, 3.63) is 40.2 Å². The minimum Gasteiger partial charge on any atom is -0.497 e. The lowest BCUT2D eigenvalue weighted by Crippen LogP contribution is -2.20. The van der Waals surface area contributed by atoms with Crippen molar-refractivity contribution in [2.45, 2.75) is 31.7 Å². The molecule has 0 radical (unpaired) electrons. The first-order valence-corrected chi connectivity index (χ1v) is 7.08. The van der Waals surface area contributed by atoms with Gasteiger partial charge in [-0.2, -0.15) is 0 Å². The number of benzene rings is 1. The zero-order chi connectivity index (χ0) is 15.0. The van der Waals surface area contributed by atoms with Gasteiger partial charge >= 0.3 is 5.97 Å². The van der Waals surface area contributed by atoms with E-state index in [0.29, 0.717) is 11.1 Å². The van der Waals surface area contributed by atoms with Crippen LogP contribution in [0.2, 0.25) is 0 Å². The van der Waals surface area contributed by atoms with Gasteiger partial charge in [0.2, 0.25) is 5.43 Å². The van der Waals surface area contributed by atoms with Gasteiger partial charge in [0.25, 0.3) is 0 Å². The number of hydrogen-bond acceptors (Lipinski definition) is 3. The average molecular weight is 287 g/mol. The van der Waals surface area contributed by atoms with Crippen LogP contribution in [0.3, 0.4) is 0 Å². The molecule has 1 aliphatic carbocycles. The summed E-state index contributed by atoms with van der Waals surface area (Å²) in [6, 6.07) is 5.52. The van der Waals surface area contributed by atoms with Crippen LogP contribution in [-0.4, -0.2) is 22.8 Å². The molecule has 0 amide bonds. The van der Waals surface area contributed by atoms with E-state index in [-0.39, 0.29) is 11.6 Å². The molecule has 1 heterocycles. The van der Waals surface area contributed by atoms with Crippen LogP contribution in [0.1, 0.15) is 42.1 Å². The standard InChI is InChI=1S/C16H17NO4/c1-21-11-6-7-14-12(8-11)15(18)13(16(19)20)9-17(14)10-4-2-3-5-10/h6-10H,2-5H2,1H3,(H,19,20). The molecule has 1 aliphatic rings. The molecule has 0 saturated heterocycles. The van der Waals surface area contributed by atoms with Gasteiger partial charge in [-0.05, 0) is 31.0 Å². The van der Waals surface area contributed by atoms with Gasteiger partial charge < -0.3 is 14.4 Å². The molecule has 2 aromatic rings. The largest absolute Gasteiger partial charge is 0.497 e. The Morgan fingerprint density at radius 2 is 2.05 bits per heavy atom. The van der Waals surface area contributed by atoms with E-state index >= 15 is 0 Å². The monoisotopic (exact) mass is 287 g/mol. The highest BCUT2D eigenvalue weighted by atomic mass is 16.5. The second kappa shape index (κ2) is 5.24. The second-order valence-electron chi connectivity index (χ2n) is 5.41. The Morgan fingerprint density at radius 1 is 1.33 bits per heavy atom. The van der Waals surface area contributed by atoms with Crippen LogP contribution < -0.4 is 10.2 Å². The number of hydrogen-bond donors (Lipinski definition) is 1. The number of ether oxygens (including phenoxy) is 1. The average Bonchev–Trinajstić information content (AvgIpc) is 3.01. The maximum atomic E-state index is 12.4. The summed E-state index contributed by atoms with van der Waals surface area (Å²) < 4.78 is 7.10. The third-order valence-corrected chi connectivity index (χ3v) is 4.19. The molecule has 0 atom stereocenters. The first-order valence-electron chi connectivity index (χ1n) is 7.08. The lowest BCUT2D eigenvalue weighted by Gasteiger charge is -2.19. The predicted molar refractivity (Wildman–Crippen MR) is 79.2 cm³/mol. The summed E-state index contributed by atoms with van der Waals surface area (Å²) in [5.41, 5.74) is 0.144. The molecule has 1 fully saturated rings. The van der Waals surface area contributed by atoms with E-state index in [2.05, 4.69) is 0 Å². The summed E-state index contributed by atoms with van der Waals surface area (Å²) in [7, 11) is 1.53. The van der Waals surface area contributed by atoms with Gasteiger partial charge in [0.15, 0.2) is 0 Å². The quantitative estimate of drug-likeness (QED) is 0.942. The third-order valence-electron chi connectivity index (χ3n) is 4.19. The number of carboxylic acid groups (broad SMARTS) is 1. The normalized spacial score (nSPS) is 15.5. The summed E-state index contributed by atoms with van der Waals surface area (Å²) in [4.78, 5) is 23.7. The smallest absolute Gasteiger partial charge is 0.341 e. The highest BCUT2D eigenvalue weighted by Crippen LogP contribution is 2.32. The number of aromatic nitrogens is 1. The SMILES string of the molecule is COc1ccc2c(c1)c(=O)c(C(=O)O)cn2C1CCCC1. The van der Waals surface area contributed by atoms with Crippen molar-refractivity contribution in [2.75, 3.05) is 7.11 Å². The van der Waals surface area contributed by atoms with Crippen LogP contribution in [0.4, 0.5) is 0 Å². The Hall–Kier alpha value is -2.30. The van der Waals surface area contributed by atoms with Crippen LogP contribution in [-0.2, 0) is 0 Å². The minimum absolute atomic E-state index is 0.178. The van der Waals surface area contributed by atoms with Gasteiger partial charge in [0.1, 0.15) is 11.3 Å².